The lowest BCUT2D eigenvalue weighted by atomic mass is 9.58. The first kappa shape index (κ1) is 9.83. The Morgan fingerprint density at radius 3 is 3.00 bits per heavy atom. The van der Waals surface area contributed by atoms with E-state index in [1.807, 2.05) is 0 Å². The van der Waals surface area contributed by atoms with E-state index in [1.165, 1.54) is 11.1 Å². The molecule has 3 aliphatic carbocycles. The number of Topliss-reactive ketones (excluding diaryl/α,β-unsaturated/α-hetero) is 1. The maximum Gasteiger partial charge on any atom is 0.143 e. The molecule has 0 unspecified atom stereocenters. The zero-order valence-corrected chi connectivity index (χ0v) is 9.57. The molecule has 0 radical (unpaired) electrons. The molecule has 3 aliphatic rings. The number of hydrogen-bond acceptors (Lipinski definition) is 1. The van der Waals surface area contributed by atoms with Crippen molar-refractivity contribution in [1.82, 2.24) is 0 Å². The van der Waals surface area contributed by atoms with E-state index in [0.29, 0.717) is 5.78 Å². The van der Waals surface area contributed by atoms with Crippen molar-refractivity contribution >= 4 is 5.78 Å². The van der Waals surface area contributed by atoms with Gasteiger partial charge in [-0.15, -0.1) is 0 Å². The van der Waals surface area contributed by atoms with Crippen LogP contribution in [0.5, 0.6) is 0 Å². The standard InChI is InChI=1S/C15H16O/c1-15-12(6-4-8-14(15)16)10-9-11-5-2-3-7-13(11)15/h2-3,5,7,9-10,13H,4,6,8H2,1H3/t13-,15-/m1/s1. The van der Waals surface area contributed by atoms with Crippen molar-refractivity contribution in [2.45, 2.75) is 26.2 Å². The van der Waals surface area contributed by atoms with Gasteiger partial charge in [-0.3, -0.25) is 4.79 Å². The zero-order valence-electron chi connectivity index (χ0n) is 9.57. The molecule has 0 heterocycles. The molecule has 0 aromatic rings. The molecule has 0 aliphatic heterocycles. The van der Waals surface area contributed by atoms with Gasteiger partial charge in [-0.1, -0.05) is 42.0 Å². The van der Waals surface area contributed by atoms with Crippen LogP contribution in [0, 0.1) is 11.3 Å². The predicted octanol–water partition coefficient (Wildman–Crippen LogP) is 3.35. The summed E-state index contributed by atoms with van der Waals surface area (Å²) in [5, 5.41) is 0. The lowest BCUT2D eigenvalue weighted by Crippen LogP contribution is -2.42. The summed E-state index contributed by atoms with van der Waals surface area (Å²) in [6, 6.07) is 0. The average Bonchev–Trinajstić information content (AvgIpc) is 2.31. The molecule has 0 aromatic carbocycles. The summed E-state index contributed by atoms with van der Waals surface area (Å²) in [5.41, 5.74) is 2.35. The highest BCUT2D eigenvalue weighted by atomic mass is 16.1. The summed E-state index contributed by atoms with van der Waals surface area (Å²) < 4.78 is 0. The van der Waals surface area contributed by atoms with Gasteiger partial charge >= 0.3 is 0 Å². The monoisotopic (exact) mass is 212 g/mol. The van der Waals surface area contributed by atoms with Gasteiger partial charge in [0.05, 0.1) is 5.41 Å². The third-order valence-electron chi connectivity index (χ3n) is 4.26. The minimum Gasteiger partial charge on any atom is -0.299 e. The van der Waals surface area contributed by atoms with Gasteiger partial charge in [0.1, 0.15) is 5.78 Å². The fourth-order valence-corrected chi connectivity index (χ4v) is 3.21. The highest BCUT2D eigenvalue weighted by molar-refractivity contribution is 5.90. The molecule has 0 saturated heterocycles. The van der Waals surface area contributed by atoms with Gasteiger partial charge in [-0.05, 0) is 25.3 Å². The van der Waals surface area contributed by atoms with Crippen LogP contribution in [-0.2, 0) is 4.79 Å². The van der Waals surface area contributed by atoms with E-state index < -0.39 is 0 Å². The first-order chi connectivity index (χ1) is 7.73. The number of carbonyl (C=O) groups excluding carboxylic acids is 1. The van der Waals surface area contributed by atoms with Crippen LogP contribution < -0.4 is 0 Å². The van der Waals surface area contributed by atoms with Crippen LogP contribution in [-0.4, -0.2) is 5.78 Å². The number of hydrogen-bond donors (Lipinski definition) is 0. The van der Waals surface area contributed by atoms with Crippen molar-refractivity contribution in [2.75, 3.05) is 0 Å². The van der Waals surface area contributed by atoms with E-state index in [9.17, 15) is 4.79 Å². The first-order valence-electron chi connectivity index (χ1n) is 6.02. The molecular formula is C15H16O. The maximum atomic E-state index is 12.3. The number of rotatable bonds is 0. The fraction of sp³-hybridized carbons (Fsp3) is 0.400. The summed E-state index contributed by atoms with van der Waals surface area (Å²) in [7, 11) is 0. The Morgan fingerprint density at radius 2 is 2.12 bits per heavy atom. The van der Waals surface area contributed by atoms with Gasteiger partial charge in [0.25, 0.3) is 0 Å². The van der Waals surface area contributed by atoms with Crippen LogP contribution in [0.15, 0.2) is 47.6 Å². The number of carbonyl (C=O) groups is 1. The molecule has 0 spiro atoms. The third-order valence-corrected chi connectivity index (χ3v) is 4.26. The highest BCUT2D eigenvalue weighted by Gasteiger charge is 2.46. The van der Waals surface area contributed by atoms with Crippen molar-refractivity contribution in [1.29, 1.82) is 0 Å². The van der Waals surface area contributed by atoms with Crippen molar-refractivity contribution in [3.05, 3.63) is 47.6 Å². The van der Waals surface area contributed by atoms with E-state index in [0.717, 1.165) is 19.3 Å². The van der Waals surface area contributed by atoms with Crippen LogP contribution in [0.1, 0.15) is 26.2 Å². The van der Waals surface area contributed by atoms with Crippen LogP contribution in [0.25, 0.3) is 0 Å². The molecule has 1 fully saturated rings. The van der Waals surface area contributed by atoms with Crippen LogP contribution >= 0.6 is 0 Å². The number of allylic oxidation sites excluding steroid dienone is 8. The third kappa shape index (κ3) is 1.14. The second kappa shape index (κ2) is 3.31. The Labute approximate surface area is 96.2 Å². The van der Waals surface area contributed by atoms with E-state index in [4.69, 9.17) is 0 Å². The Balaban J connectivity index is 2.14. The zero-order chi connectivity index (χ0) is 11.2. The van der Waals surface area contributed by atoms with Crippen LogP contribution in [0.2, 0.25) is 0 Å². The largest absolute Gasteiger partial charge is 0.299 e. The lowest BCUT2D eigenvalue weighted by molar-refractivity contribution is -0.128. The minimum atomic E-state index is -0.260. The average molecular weight is 212 g/mol. The summed E-state index contributed by atoms with van der Waals surface area (Å²) in [6.45, 7) is 2.13. The van der Waals surface area contributed by atoms with E-state index in [2.05, 4.69) is 43.4 Å². The minimum absolute atomic E-state index is 0.260. The van der Waals surface area contributed by atoms with E-state index in [1.54, 1.807) is 0 Å². The molecule has 0 N–H and O–H groups in total. The van der Waals surface area contributed by atoms with Gasteiger partial charge in [0, 0.05) is 12.3 Å². The molecule has 16 heavy (non-hydrogen) atoms. The second-order valence-corrected chi connectivity index (χ2v) is 5.06. The summed E-state index contributed by atoms with van der Waals surface area (Å²) >= 11 is 0. The van der Waals surface area contributed by atoms with Gasteiger partial charge < -0.3 is 0 Å². The molecule has 0 bridgehead atoms. The highest BCUT2D eigenvalue weighted by Crippen LogP contribution is 2.50. The van der Waals surface area contributed by atoms with Crippen molar-refractivity contribution in [3.8, 4) is 0 Å². The van der Waals surface area contributed by atoms with Crippen LogP contribution in [0.4, 0.5) is 0 Å². The molecular weight excluding hydrogens is 196 g/mol. The lowest BCUT2D eigenvalue weighted by Gasteiger charge is -2.43. The molecule has 1 saturated carbocycles. The summed E-state index contributed by atoms with van der Waals surface area (Å²) in [5.74, 6) is 0.686. The van der Waals surface area contributed by atoms with Gasteiger partial charge in [0.2, 0.25) is 0 Å². The molecule has 2 atom stereocenters. The molecule has 1 heteroatoms. The molecule has 1 nitrogen and oxygen atoms in total. The summed E-state index contributed by atoms with van der Waals surface area (Å²) in [4.78, 5) is 12.3. The van der Waals surface area contributed by atoms with Gasteiger partial charge in [-0.25, -0.2) is 0 Å². The Bertz CT molecular complexity index is 462. The molecule has 3 rings (SSSR count). The van der Waals surface area contributed by atoms with E-state index in [-0.39, 0.29) is 11.3 Å². The Morgan fingerprint density at radius 1 is 1.25 bits per heavy atom. The number of ketones is 1. The Kier molecular flexibility index (Phi) is 2.03. The fourth-order valence-electron chi connectivity index (χ4n) is 3.21. The first-order valence-corrected chi connectivity index (χ1v) is 6.02. The van der Waals surface area contributed by atoms with Crippen molar-refractivity contribution < 1.29 is 4.79 Å². The van der Waals surface area contributed by atoms with Gasteiger partial charge in [-0.2, -0.15) is 0 Å². The van der Waals surface area contributed by atoms with Crippen LogP contribution in [0.3, 0.4) is 0 Å². The number of fused-ring (bicyclic) bond motifs is 3. The SMILES string of the molecule is C[C@@]12C(=O)CCCC1=CC=C1C=CC=C[C@H]12. The Hall–Kier alpha value is -1.37. The maximum absolute atomic E-state index is 12.3. The predicted molar refractivity (Wildman–Crippen MR) is 64.9 cm³/mol. The molecule has 82 valence electrons. The quantitative estimate of drug-likeness (QED) is 0.601. The van der Waals surface area contributed by atoms with Crippen molar-refractivity contribution in [3.63, 3.8) is 0 Å². The molecule has 0 aromatic heterocycles. The smallest absolute Gasteiger partial charge is 0.143 e. The second-order valence-electron chi connectivity index (χ2n) is 5.06. The van der Waals surface area contributed by atoms with Gasteiger partial charge in [0.15, 0.2) is 0 Å². The molecule has 0 amide bonds. The van der Waals surface area contributed by atoms with E-state index >= 15 is 0 Å². The van der Waals surface area contributed by atoms with Crippen molar-refractivity contribution in [2.24, 2.45) is 11.3 Å². The normalized spacial score (nSPS) is 36.3. The topological polar surface area (TPSA) is 17.1 Å². The summed E-state index contributed by atoms with van der Waals surface area (Å²) in [6.07, 6.45) is 15.6.